The molecule has 0 bridgehead atoms. The number of carbonyl (C=O) groups is 2. The van der Waals surface area contributed by atoms with Crippen LogP contribution in [0.25, 0.3) is 0 Å². The number of fused-ring (bicyclic) bond motifs is 1. The van der Waals surface area contributed by atoms with Gasteiger partial charge in [-0.25, -0.2) is 4.39 Å². The number of aryl methyl sites for hydroxylation is 1. The van der Waals surface area contributed by atoms with Crippen molar-refractivity contribution in [2.75, 3.05) is 18.4 Å². The molecule has 2 amide bonds. The minimum absolute atomic E-state index is 0.145. The molecule has 0 saturated heterocycles. The second-order valence-electron chi connectivity index (χ2n) is 6.07. The average molecular weight is 341 g/mol. The molecule has 0 aromatic heterocycles. The number of nitrogens with one attached hydrogen (secondary N) is 2. The van der Waals surface area contributed by atoms with Crippen LogP contribution < -0.4 is 10.6 Å². The SMILES string of the molecule is CC(=O)NCCN1C(=O)c2ccccc2N[C@@H]1c1cc(F)ccc1C. The Kier molecular flexibility index (Phi) is 4.70. The molecule has 0 unspecified atom stereocenters. The van der Waals surface area contributed by atoms with Gasteiger partial charge < -0.3 is 15.5 Å². The summed E-state index contributed by atoms with van der Waals surface area (Å²) in [7, 11) is 0. The Morgan fingerprint density at radius 2 is 2.04 bits per heavy atom. The Labute approximate surface area is 145 Å². The van der Waals surface area contributed by atoms with Crippen molar-refractivity contribution in [3.05, 3.63) is 65.0 Å². The van der Waals surface area contributed by atoms with Gasteiger partial charge >= 0.3 is 0 Å². The molecule has 2 aromatic carbocycles. The molecule has 0 spiro atoms. The Morgan fingerprint density at radius 1 is 1.28 bits per heavy atom. The zero-order chi connectivity index (χ0) is 18.0. The van der Waals surface area contributed by atoms with Crippen LogP contribution in [0.5, 0.6) is 0 Å². The lowest BCUT2D eigenvalue weighted by Crippen LogP contribution is -2.46. The zero-order valence-electron chi connectivity index (χ0n) is 14.2. The number of amides is 2. The van der Waals surface area contributed by atoms with E-state index in [0.29, 0.717) is 24.2 Å². The van der Waals surface area contributed by atoms with Gasteiger partial charge in [0.05, 0.1) is 5.56 Å². The summed E-state index contributed by atoms with van der Waals surface area (Å²) >= 11 is 0. The molecule has 25 heavy (non-hydrogen) atoms. The van der Waals surface area contributed by atoms with Crippen LogP contribution in [0.1, 0.15) is 34.6 Å². The largest absolute Gasteiger partial charge is 0.361 e. The standard InChI is InChI=1S/C19H20FN3O2/c1-12-7-8-14(20)11-16(12)18-22-17-6-4-3-5-15(17)19(25)23(18)10-9-21-13(2)24/h3-8,11,18,22H,9-10H2,1-2H3,(H,21,24)/t18-/m0/s1. The molecule has 2 N–H and O–H groups in total. The zero-order valence-corrected chi connectivity index (χ0v) is 14.2. The van der Waals surface area contributed by atoms with E-state index in [1.165, 1.54) is 19.1 Å². The van der Waals surface area contributed by atoms with E-state index in [1.807, 2.05) is 19.1 Å². The van der Waals surface area contributed by atoms with Crippen LogP contribution in [0.15, 0.2) is 42.5 Å². The van der Waals surface area contributed by atoms with Gasteiger partial charge in [-0.1, -0.05) is 18.2 Å². The molecule has 1 heterocycles. The summed E-state index contributed by atoms with van der Waals surface area (Å²) in [6, 6.07) is 11.8. The summed E-state index contributed by atoms with van der Waals surface area (Å²) in [6.45, 7) is 3.96. The van der Waals surface area contributed by atoms with Crippen LogP contribution in [0.3, 0.4) is 0 Å². The number of hydrogen-bond acceptors (Lipinski definition) is 3. The van der Waals surface area contributed by atoms with Crippen molar-refractivity contribution in [1.29, 1.82) is 0 Å². The summed E-state index contributed by atoms with van der Waals surface area (Å²) in [6.07, 6.45) is -0.494. The summed E-state index contributed by atoms with van der Waals surface area (Å²) in [4.78, 5) is 25.7. The first kappa shape index (κ1) is 17.0. The van der Waals surface area contributed by atoms with Gasteiger partial charge in [0.2, 0.25) is 5.91 Å². The van der Waals surface area contributed by atoms with Crippen molar-refractivity contribution in [1.82, 2.24) is 10.2 Å². The highest BCUT2D eigenvalue weighted by atomic mass is 19.1. The highest BCUT2D eigenvalue weighted by molar-refractivity contribution is 6.01. The van der Waals surface area contributed by atoms with Crippen molar-refractivity contribution in [2.45, 2.75) is 20.0 Å². The number of halogens is 1. The molecule has 130 valence electrons. The Bertz CT molecular complexity index is 822. The third kappa shape index (κ3) is 3.47. The highest BCUT2D eigenvalue weighted by Crippen LogP contribution is 2.34. The molecule has 2 aromatic rings. The molecular weight excluding hydrogens is 321 g/mol. The molecule has 3 rings (SSSR count). The first-order valence-electron chi connectivity index (χ1n) is 8.14. The summed E-state index contributed by atoms with van der Waals surface area (Å²) in [5.41, 5.74) is 2.87. The van der Waals surface area contributed by atoms with Gasteiger partial charge in [-0.2, -0.15) is 0 Å². The van der Waals surface area contributed by atoms with Crippen LogP contribution in [0, 0.1) is 12.7 Å². The van der Waals surface area contributed by atoms with Crippen LogP contribution >= 0.6 is 0 Å². The smallest absolute Gasteiger partial charge is 0.257 e. The van der Waals surface area contributed by atoms with Crippen LogP contribution in [0.4, 0.5) is 10.1 Å². The minimum Gasteiger partial charge on any atom is -0.361 e. The normalized spacial score (nSPS) is 16.2. The molecule has 0 fully saturated rings. The van der Waals surface area contributed by atoms with E-state index >= 15 is 0 Å². The van der Waals surface area contributed by atoms with Crippen LogP contribution in [0.2, 0.25) is 0 Å². The Balaban J connectivity index is 1.99. The van der Waals surface area contributed by atoms with Crippen LogP contribution in [-0.2, 0) is 4.79 Å². The van der Waals surface area contributed by atoms with E-state index < -0.39 is 6.17 Å². The van der Waals surface area contributed by atoms with Gasteiger partial charge in [-0.3, -0.25) is 9.59 Å². The van der Waals surface area contributed by atoms with E-state index in [1.54, 1.807) is 23.1 Å². The van der Waals surface area contributed by atoms with E-state index in [9.17, 15) is 14.0 Å². The molecular formula is C19H20FN3O2. The summed E-state index contributed by atoms with van der Waals surface area (Å²) in [5, 5.41) is 6.03. The van der Waals surface area contributed by atoms with Crippen molar-refractivity contribution in [3.63, 3.8) is 0 Å². The van der Waals surface area contributed by atoms with E-state index in [-0.39, 0.29) is 17.6 Å². The number of anilines is 1. The quantitative estimate of drug-likeness (QED) is 0.899. The fourth-order valence-corrected chi connectivity index (χ4v) is 3.03. The van der Waals surface area contributed by atoms with Gasteiger partial charge in [0, 0.05) is 31.3 Å². The fourth-order valence-electron chi connectivity index (χ4n) is 3.03. The van der Waals surface area contributed by atoms with Crippen molar-refractivity contribution < 1.29 is 14.0 Å². The van der Waals surface area contributed by atoms with Gasteiger partial charge in [0.25, 0.3) is 5.91 Å². The number of benzene rings is 2. The van der Waals surface area contributed by atoms with Gasteiger partial charge in [0.15, 0.2) is 0 Å². The number of hydrogen-bond donors (Lipinski definition) is 2. The van der Waals surface area contributed by atoms with E-state index in [0.717, 1.165) is 11.3 Å². The maximum Gasteiger partial charge on any atom is 0.257 e. The molecule has 0 aliphatic carbocycles. The molecule has 1 atom stereocenters. The monoisotopic (exact) mass is 341 g/mol. The van der Waals surface area contributed by atoms with Gasteiger partial charge in [-0.15, -0.1) is 0 Å². The average Bonchev–Trinajstić information content (AvgIpc) is 2.58. The molecule has 1 aliphatic rings. The summed E-state index contributed by atoms with van der Waals surface area (Å²) in [5.74, 6) is -0.653. The van der Waals surface area contributed by atoms with Gasteiger partial charge in [-0.05, 0) is 36.8 Å². The maximum absolute atomic E-state index is 13.8. The van der Waals surface area contributed by atoms with E-state index in [2.05, 4.69) is 10.6 Å². The lowest BCUT2D eigenvalue weighted by Gasteiger charge is -2.38. The number of carbonyl (C=O) groups excluding carboxylic acids is 2. The van der Waals surface area contributed by atoms with Crippen molar-refractivity contribution in [2.24, 2.45) is 0 Å². The fraction of sp³-hybridized carbons (Fsp3) is 0.263. The first-order chi connectivity index (χ1) is 12.0. The Morgan fingerprint density at radius 3 is 2.80 bits per heavy atom. The molecule has 6 heteroatoms. The second-order valence-corrected chi connectivity index (χ2v) is 6.07. The third-order valence-electron chi connectivity index (χ3n) is 4.28. The molecule has 1 aliphatic heterocycles. The number of para-hydroxylation sites is 1. The van der Waals surface area contributed by atoms with Crippen LogP contribution in [-0.4, -0.2) is 29.8 Å². The molecule has 0 radical (unpaired) electrons. The highest BCUT2D eigenvalue weighted by Gasteiger charge is 2.33. The lowest BCUT2D eigenvalue weighted by atomic mass is 10.00. The first-order valence-corrected chi connectivity index (χ1v) is 8.14. The van der Waals surface area contributed by atoms with Gasteiger partial charge in [0.1, 0.15) is 12.0 Å². The second kappa shape index (κ2) is 6.93. The molecule has 0 saturated carbocycles. The topological polar surface area (TPSA) is 61.4 Å². The lowest BCUT2D eigenvalue weighted by molar-refractivity contribution is -0.119. The third-order valence-corrected chi connectivity index (χ3v) is 4.28. The maximum atomic E-state index is 13.8. The number of nitrogens with zero attached hydrogens (tertiary/aromatic N) is 1. The predicted octanol–water partition coefficient (Wildman–Crippen LogP) is 2.84. The summed E-state index contributed by atoms with van der Waals surface area (Å²) < 4.78 is 13.8. The molecule has 5 nitrogen and oxygen atoms in total. The van der Waals surface area contributed by atoms with Crippen molar-refractivity contribution in [3.8, 4) is 0 Å². The van der Waals surface area contributed by atoms with E-state index in [4.69, 9.17) is 0 Å². The minimum atomic E-state index is -0.494. The predicted molar refractivity (Wildman–Crippen MR) is 93.7 cm³/mol. The Hall–Kier alpha value is -2.89. The van der Waals surface area contributed by atoms with Crippen molar-refractivity contribution >= 4 is 17.5 Å². The number of rotatable bonds is 4.